The molecule has 21 heavy (non-hydrogen) atoms. The Balaban J connectivity index is 2.05. The summed E-state index contributed by atoms with van der Waals surface area (Å²) < 4.78 is 1.68. The van der Waals surface area contributed by atoms with E-state index in [1.807, 2.05) is 44.3 Å². The third-order valence-corrected chi connectivity index (χ3v) is 3.50. The summed E-state index contributed by atoms with van der Waals surface area (Å²) in [5.74, 6) is -0.135. The molecular formula is C16H21N3O2. The highest BCUT2D eigenvalue weighted by Crippen LogP contribution is 2.08. The monoisotopic (exact) mass is 287 g/mol. The summed E-state index contributed by atoms with van der Waals surface area (Å²) in [7, 11) is 1.81. The maximum Gasteiger partial charge on any atom is 0.274 e. The molecule has 0 atom stereocenters. The van der Waals surface area contributed by atoms with Crippen LogP contribution in [0.25, 0.3) is 0 Å². The van der Waals surface area contributed by atoms with E-state index in [-0.39, 0.29) is 12.5 Å². The molecule has 5 heteroatoms. The van der Waals surface area contributed by atoms with Crippen LogP contribution in [0.2, 0.25) is 0 Å². The number of nitrogens with zero attached hydrogens (tertiary/aromatic N) is 3. The lowest BCUT2D eigenvalue weighted by atomic mass is 10.1. The van der Waals surface area contributed by atoms with Gasteiger partial charge in [0, 0.05) is 25.8 Å². The van der Waals surface area contributed by atoms with E-state index < -0.39 is 0 Å². The quantitative estimate of drug-likeness (QED) is 0.874. The van der Waals surface area contributed by atoms with E-state index in [0.717, 1.165) is 12.1 Å². The largest absolute Gasteiger partial charge is 0.395 e. The summed E-state index contributed by atoms with van der Waals surface area (Å²) in [4.78, 5) is 14.1. The van der Waals surface area contributed by atoms with Crippen LogP contribution in [0.3, 0.4) is 0 Å². The molecule has 0 aliphatic carbocycles. The van der Waals surface area contributed by atoms with Gasteiger partial charge in [-0.25, -0.2) is 0 Å². The van der Waals surface area contributed by atoms with Gasteiger partial charge in [0.1, 0.15) is 0 Å². The Morgan fingerprint density at radius 3 is 2.57 bits per heavy atom. The molecule has 0 unspecified atom stereocenters. The molecule has 2 rings (SSSR count). The van der Waals surface area contributed by atoms with Gasteiger partial charge in [-0.15, -0.1) is 0 Å². The molecule has 0 saturated carbocycles. The van der Waals surface area contributed by atoms with Crippen LogP contribution in [-0.2, 0) is 13.5 Å². The molecule has 1 aromatic carbocycles. The number of carbonyl (C=O) groups excluding carboxylic acids is 1. The molecule has 0 bridgehead atoms. The summed E-state index contributed by atoms with van der Waals surface area (Å²) in [5, 5.41) is 13.4. The predicted octanol–water partition coefficient (Wildman–Crippen LogP) is 1.41. The predicted molar refractivity (Wildman–Crippen MR) is 81.1 cm³/mol. The van der Waals surface area contributed by atoms with Crippen molar-refractivity contribution in [3.05, 3.63) is 53.3 Å². The highest BCUT2D eigenvalue weighted by molar-refractivity contribution is 5.92. The molecule has 2 aromatic rings. The van der Waals surface area contributed by atoms with Gasteiger partial charge in [-0.3, -0.25) is 9.48 Å². The van der Waals surface area contributed by atoms with E-state index in [1.165, 1.54) is 5.56 Å². The number of aliphatic hydroxyl groups is 1. The zero-order chi connectivity index (χ0) is 15.2. The number of aryl methyl sites for hydroxylation is 2. The molecule has 0 radical (unpaired) electrons. The molecule has 1 heterocycles. The number of benzene rings is 1. The lowest BCUT2D eigenvalue weighted by Crippen LogP contribution is -2.35. The first kappa shape index (κ1) is 15.3. The first-order valence-corrected chi connectivity index (χ1v) is 7.06. The van der Waals surface area contributed by atoms with E-state index in [2.05, 4.69) is 5.10 Å². The van der Waals surface area contributed by atoms with Gasteiger partial charge < -0.3 is 10.0 Å². The smallest absolute Gasteiger partial charge is 0.274 e. The van der Waals surface area contributed by atoms with Crippen molar-refractivity contribution < 1.29 is 9.90 Å². The Morgan fingerprint density at radius 2 is 2.00 bits per heavy atom. The van der Waals surface area contributed by atoms with E-state index in [9.17, 15) is 4.79 Å². The van der Waals surface area contributed by atoms with Crippen LogP contribution in [-0.4, -0.2) is 45.4 Å². The Hall–Kier alpha value is -2.14. The number of rotatable bonds is 6. The number of aliphatic hydroxyl groups excluding tert-OH is 1. The Kier molecular flexibility index (Phi) is 5.11. The van der Waals surface area contributed by atoms with Crippen LogP contribution < -0.4 is 0 Å². The number of aromatic nitrogens is 2. The summed E-state index contributed by atoms with van der Waals surface area (Å²) in [6, 6.07) is 11.8. The van der Waals surface area contributed by atoms with Crippen molar-refractivity contribution in [3.8, 4) is 0 Å². The van der Waals surface area contributed by atoms with Crippen molar-refractivity contribution in [2.75, 3.05) is 19.7 Å². The minimum atomic E-state index is -0.135. The van der Waals surface area contributed by atoms with Gasteiger partial charge >= 0.3 is 0 Å². The SMILES string of the molecule is Cc1cc(C(=O)N(CCO)CCc2ccccc2)nn1C. The maximum absolute atomic E-state index is 12.5. The molecular weight excluding hydrogens is 266 g/mol. The van der Waals surface area contributed by atoms with Crippen LogP contribution in [0.15, 0.2) is 36.4 Å². The van der Waals surface area contributed by atoms with E-state index in [1.54, 1.807) is 15.6 Å². The lowest BCUT2D eigenvalue weighted by molar-refractivity contribution is 0.0717. The molecule has 0 spiro atoms. The summed E-state index contributed by atoms with van der Waals surface area (Å²) >= 11 is 0. The van der Waals surface area contributed by atoms with Crippen LogP contribution in [0.5, 0.6) is 0 Å². The van der Waals surface area contributed by atoms with E-state index >= 15 is 0 Å². The number of hydrogen-bond acceptors (Lipinski definition) is 3. The summed E-state index contributed by atoms with van der Waals surface area (Å²) in [6.07, 6.45) is 0.762. The second-order valence-electron chi connectivity index (χ2n) is 5.05. The lowest BCUT2D eigenvalue weighted by Gasteiger charge is -2.20. The molecule has 1 amide bonds. The van der Waals surface area contributed by atoms with Crippen LogP contribution >= 0.6 is 0 Å². The second-order valence-corrected chi connectivity index (χ2v) is 5.05. The fraction of sp³-hybridized carbons (Fsp3) is 0.375. The maximum atomic E-state index is 12.5. The Morgan fingerprint density at radius 1 is 1.29 bits per heavy atom. The first-order valence-electron chi connectivity index (χ1n) is 7.06. The van der Waals surface area contributed by atoms with Gasteiger partial charge in [-0.05, 0) is 25.0 Å². The van der Waals surface area contributed by atoms with Gasteiger partial charge in [0.2, 0.25) is 0 Å². The van der Waals surface area contributed by atoms with Crippen molar-refractivity contribution in [2.24, 2.45) is 7.05 Å². The van der Waals surface area contributed by atoms with Gasteiger partial charge in [-0.2, -0.15) is 5.10 Å². The standard InChI is InChI=1S/C16H21N3O2/c1-13-12-15(17-18(13)2)16(21)19(10-11-20)9-8-14-6-4-3-5-7-14/h3-7,12,20H,8-11H2,1-2H3. The van der Waals surface area contributed by atoms with Crippen molar-refractivity contribution in [2.45, 2.75) is 13.3 Å². The molecule has 0 saturated heterocycles. The van der Waals surface area contributed by atoms with Gasteiger partial charge in [0.25, 0.3) is 5.91 Å². The highest BCUT2D eigenvalue weighted by Gasteiger charge is 2.18. The Labute approximate surface area is 124 Å². The topological polar surface area (TPSA) is 58.4 Å². The van der Waals surface area contributed by atoms with Crippen LogP contribution in [0.4, 0.5) is 0 Å². The molecule has 0 aliphatic heterocycles. The zero-order valence-electron chi connectivity index (χ0n) is 12.5. The van der Waals surface area contributed by atoms with Crippen LogP contribution in [0, 0.1) is 6.92 Å². The van der Waals surface area contributed by atoms with Crippen LogP contribution in [0.1, 0.15) is 21.7 Å². The first-order chi connectivity index (χ1) is 10.1. The normalized spacial score (nSPS) is 10.6. The van der Waals surface area contributed by atoms with Crippen molar-refractivity contribution in [3.63, 3.8) is 0 Å². The third-order valence-electron chi connectivity index (χ3n) is 3.50. The summed E-state index contributed by atoms with van der Waals surface area (Å²) in [6.45, 7) is 2.75. The fourth-order valence-corrected chi connectivity index (χ4v) is 2.17. The fourth-order valence-electron chi connectivity index (χ4n) is 2.17. The number of hydrogen-bond donors (Lipinski definition) is 1. The number of carbonyl (C=O) groups is 1. The van der Waals surface area contributed by atoms with E-state index in [0.29, 0.717) is 18.8 Å². The van der Waals surface area contributed by atoms with Crippen molar-refractivity contribution >= 4 is 5.91 Å². The molecule has 1 N–H and O–H groups in total. The second kappa shape index (κ2) is 7.04. The average molecular weight is 287 g/mol. The van der Waals surface area contributed by atoms with Crippen molar-refractivity contribution in [1.29, 1.82) is 0 Å². The van der Waals surface area contributed by atoms with Gasteiger partial charge in [-0.1, -0.05) is 30.3 Å². The number of amides is 1. The van der Waals surface area contributed by atoms with Gasteiger partial charge in [0.05, 0.1) is 6.61 Å². The third kappa shape index (κ3) is 3.92. The Bertz CT molecular complexity index is 573. The molecule has 5 nitrogen and oxygen atoms in total. The highest BCUT2D eigenvalue weighted by atomic mass is 16.3. The van der Waals surface area contributed by atoms with Gasteiger partial charge in [0.15, 0.2) is 5.69 Å². The molecule has 0 fully saturated rings. The minimum absolute atomic E-state index is 0.0493. The van der Waals surface area contributed by atoms with Crippen molar-refractivity contribution in [1.82, 2.24) is 14.7 Å². The van der Waals surface area contributed by atoms with E-state index in [4.69, 9.17) is 5.11 Å². The summed E-state index contributed by atoms with van der Waals surface area (Å²) in [5.41, 5.74) is 2.53. The average Bonchev–Trinajstić information content (AvgIpc) is 2.83. The molecule has 0 aliphatic rings. The molecule has 112 valence electrons. The molecule has 1 aromatic heterocycles. The zero-order valence-corrected chi connectivity index (χ0v) is 12.5. The minimum Gasteiger partial charge on any atom is -0.395 e.